The number of hydrogen-bond acceptors (Lipinski definition) is 3. The van der Waals surface area contributed by atoms with Crippen LogP contribution in [0.5, 0.6) is 0 Å². The summed E-state index contributed by atoms with van der Waals surface area (Å²) in [7, 11) is 1.96. The van der Waals surface area contributed by atoms with Crippen LogP contribution >= 0.6 is 23.4 Å². The summed E-state index contributed by atoms with van der Waals surface area (Å²) in [6.45, 7) is 5.53. The van der Waals surface area contributed by atoms with Gasteiger partial charge in [0.25, 0.3) is 0 Å². The molecule has 0 N–H and O–H groups in total. The summed E-state index contributed by atoms with van der Waals surface area (Å²) in [6, 6.07) is 8.19. The van der Waals surface area contributed by atoms with Crippen molar-refractivity contribution in [1.82, 2.24) is 9.80 Å². The van der Waals surface area contributed by atoms with Crippen molar-refractivity contribution in [2.45, 2.75) is 37.1 Å². The van der Waals surface area contributed by atoms with E-state index in [0.29, 0.717) is 12.5 Å². The molecule has 122 valence electrons. The van der Waals surface area contributed by atoms with Gasteiger partial charge in [-0.25, -0.2) is 0 Å². The van der Waals surface area contributed by atoms with E-state index in [4.69, 9.17) is 11.6 Å². The van der Waals surface area contributed by atoms with Gasteiger partial charge in [0.2, 0.25) is 5.91 Å². The van der Waals surface area contributed by atoms with Crippen molar-refractivity contribution in [3.63, 3.8) is 0 Å². The van der Waals surface area contributed by atoms with Crippen LogP contribution < -0.4 is 0 Å². The third-order valence-corrected chi connectivity index (χ3v) is 5.61. The molecule has 3 nitrogen and oxygen atoms in total. The number of carbonyl (C=O) groups excluding carboxylic acids is 1. The SMILES string of the molecule is CCN1CCC(N(C)C(=O)CCSc2ccc(Cl)cc2)CC1. The van der Waals surface area contributed by atoms with E-state index in [9.17, 15) is 4.79 Å². The lowest BCUT2D eigenvalue weighted by Gasteiger charge is -2.36. The van der Waals surface area contributed by atoms with Gasteiger partial charge >= 0.3 is 0 Å². The molecule has 0 unspecified atom stereocenters. The van der Waals surface area contributed by atoms with Crippen LogP contribution in [-0.4, -0.2) is 54.2 Å². The summed E-state index contributed by atoms with van der Waals surface area (Å²) in [6.07, 6.45) is 2.79. The van der Waals surface area contributed by atoms with Gasteiger partial charge < -0.3 is 9.80 Å². The summed E-state index contributed by atoms with van der Waals surface area (Å²) in [4.78, 5) is 17.9. The average Bonchev–Trinajstić information content (AvgIpc) is 2.56. The van der Waals surface area contributed by atoms with E-state index in [0.717, 1.165) is 48.1 Å². The Balaban J connectivity index is 1.71. The topological polar surface area (TPSA) is 23.6 Å². The van der Waals surface area contributed by atoms with Crippen LogP contribution in [0.2, 0.25) is 5.02 Å². The number of benzene rings is 1. The molecule has 2 rings (SSSR count). The zero-order valence-electron chi connectivity index (χ0n) is 13.4. The van der Waals surface area contributed by atoms with E-state index < -0.39 is 0 Å². The first-order chi connectivity index (χ1) is 10.6. The molecule has 0 radical (unpaired) electrons. The van der Waals surface area contributed by atoms with Crippen LogP contribution in [-0.2, 0) is 4.79 Å². The maximum absolute atomic E-state index is 12.3. The Hall–Kier alpha value is -0.710. The summed E-state index contributed by atoms with van der Waals surface area (Å²) in [5, 5.41) is 0.749. The lowest BCUT2D eigenvalue weighted by atomic mass is 10.0. The summed E-state index contributed by atoms with van der Waals surface area (Å²) < 4.78 is 0. The highest BCUT2D eigenvalue weighted by Crippen LogP contribution is 2.22. The highest BCUT2D eigenvalue weighted by Gasteiger charge is 2.24. The second-order valence-corrected chi connectivity index (χ2v) is 7.33. The van der Waals surface area contributed by atoms with Crippen molar-refractivity contribution < 1.29 is 4.79 Å². The minimum absolute atomic E-state index is 0.261. The van der Waals surface area contributed by atoms with Crippen molar-refractivity contribution >= 4 is 29.3 Å². The highest BCUT2D eigenvalue weighted by atomic mass is 35.5. The van der Waals surface area contributed by atoms with Gasteiger partial charge in [0.1, 0.15) is 0 Å². The Morgan fingerprint density at radius 2 is 1.95 bits per heavy atom. The Bertz CT molecular complexity index is 472. The molecule has 1 aromatic rings. The van der Waals surface area contributed by atoms with Gasteiger partial charge in [-0.2, -0.15) is 0 Å². The van der Waals surface area contributed by atoms with Gasteiger partial charge in [-0.3, -0.25) is 4.79 Å². The van der Waals surface area contributed by atoms with Crippen molar-refractivity contribution in [3.05, 3.63) is 29.3 Å². The van der Waals surface area contributed by atoms with Gasteiger partial charge in [-0.05, 0) is 43.7 Å². The largest absolute Gasteiger partial charge is 0.343 e. The van der Waals surface area contributed by atoms with Crippen LogP contribution in [0.4, 0.5) is 0 Å². The van der Waals surface area contributed by atoms with E-state index in [1.165, 1.54) is 0 Å². The van der Waals surface area contributed by atoms with Crippen LogP contribution in [0.3, 0.4) is 0 Å². The zero-order valence-corrected chi connectivity index (χ0v) is 15.0. The predicted molar refractivity (Wildman–Crippen MR) is 94.7 cm³/mol. The lowest BCUT2D eigenvalue weighted by molar-refractivity contribution is -0.132. The van der Waals surface area contributed by atoms with Gasteiger partial charge in [0.05, 0.1) is 0 Å². The minimum Gasteiger partial charge on any atom is -0.343 e. The van der Waals surface area contributed by atoms with E-state index in [-0.39, 0.29) is 5.91 Å². The smallest absolute Gasteiger partial charge is 0.223 e. The third-order valence-electron chi connectivity index (χ3n) is 4.34. The fraction of sp³-hybridized carbons (Fsp3) is 0.588. The molecule has 0 aromatic heterocycles. The molecule has 1 amide bonds. The second-order valence-electron chi connectivity index (χ2n) is 5.72. The standard InChI is InChI=1S/C17H25ClN2OS/c1-3-20-11-8-15(9-12-20)19(2)17(21)10-13-22-16-6-4-14(18)5-7-16/h4-7,15H,3,8-13H2,1-2H3. The van der Waals surface area contributed by atoms with Crippen LogP contribution in [0.25, 0.3) is 0 Å². The quantitative estimate of drug-likeness (QED) is 0.736. The maximum Gasteiger partial charge on any atom is 0.223 e. The normalized spacial score (nSPS) is 16.7. The molecule has 1 aromatic carbocycles. The van der Waals surface area contributed by atoms with Crippen LogP contribution in [0.1, 0.15) is 26.2 Å². The predicted octanol–water partition coefficient (Wildman–Crippen LogP) is 3.76. The molecule has 1 heterocycles. The van der Waals surface area contributed by atoms with E-state index in [2.05, 4.69) is 11.8 Å². The molecule has 0 saturated carbocycles. The Morgan fingerprint density at radius 1 is 1.32 bits per heavy atom. The van der Waals surface area contributed by atoms with E-state index in [1.807, 2.05) is 36.2 Å². The zero-order chi connectivity index (χ0) is 15.9. The van der Waals surface area contributed by atoms with Gasteiger partial charge in [-0.15, -0.1) is 11.8 Å². The van der Waals surface area contributed by atoms with Crippen LogP contribution in [0, 0.1) is 0 Å². The number of hydrogen-bond donors (Lipinski definition) is 0. The van der Waals surface area contributed by atoms with Crippen LogP contribution in [0.15, 0.2) is 29.2 Å². The number of carbonyl (C=O) groups is 1. The van der Waals surface area contributed by atoms with Crippen molar-refractivity contribution in [3.8, 4) is 0 Å². The molecule has 0 bridgehead atoms. The lowest BCUT2D eigenvalue weighted by Crippen LogP contribution is -2.45. The van der Waals surface area contributed by atoms with Crippen molar-refractivity contribution in [1.29, 1.82) is 0 Å². The molecule has 5 heteroatoms. The second kappa shape index (κ2) is 8.80. The Labute approximate surface area is 143 Å². The monoisotopic (exact) mass is 340 g/mol. The number of halogens is 1. The molecule has 1 saturated heterocycles. The fourth-order valence-corrected chi connectivity index (χ4v) is 3.76. The van der Waals surface area contributed by atoms with Gasteiger partial charge in [-0.1, -0.05) is 18.5 Å². The Morgan fingerprint density at radius 3 is 2.55 bits per heavy atom. The first-order valence-corrected chi connectivity index (χ1v) is 9.33. The van der Waals surface area contributed by atoms with Gasteiger partial charge in [0.15, 0.2) is 0 Å². The molecule has 1 aliphatic heterocycles. The number of nitrogens with zero attached hydrogens (tertiary/aromatic N) is 2. The number of thioether (sulfide) groups is 1. The molecule has 1 aliphatic rings. The number of rotatable bonds is 6. The Kier molecular flexibility index (Phi) is 7.06. The molecule has 1 fully saturated rings. The minimum atomic E-state index is 0.261. The third kappa shape index (κ3) is 5.18. The summed E-state index contributed by atoms with van der Waals surface area (Å²) >= 11 is 7.58. The number of likely N-dealkylation sites (tertiary alicyclic amines) is 1. The van der Waals surface area contributed by atoms with Crippen molar-refractivity contribution in [2.75, 3.05) is 32.4 Å². The van der Waals surface area contributed by atoms with E-state index in [1.54, 1.807) is 11.8 Å². The molecule has 22 heavy (non-hydrogen) atoms. The highest BCUT2D eigenvalue weighted by molar-refractivity contribution is 7.99. The van der Waals surface area contributed by atoms with E-state index >= 15 is 0 Å². The number of amides is 1. The molecular formula is C17H25ClN2OS. The van der Waals surface area contributed by atoms with Crippen molar-refractivity contribution in [2.24, 2.45) is 0 Å². The molecule has 0 aliphatic carbocycles. The first-order valence-electron chi connectivity index (χ1n) is 7.96. The summed E-state index contributed by atoms with van der Waals surface area (Å²) in [5.41, 5.74) is 0. The number of piperidine rings is 1. The first kappa shape index (κ1) is 17.6. The maximum atomic E-state index is 12.3. The molecule has 0 spiro atoms. The summed E-state index contributed by atoms with van der Waals surface area (Å²) in [5.74, 6) is 1.08. The molecular weight excluding hydrogens is 316 g/mol. The van der Waals surface area contributed by atoms with Gasteiger partial charge in [0, 0.05) is 48.3 Å². The fourth-order valence-electron chi connectivity index (χ4n) is 2.79. The average molecular weight is 341 g/mol. The molecule has 0 atom stereocenters.